The Balaban J connectivity index is 1.88. The van der Waals surface area contributed by atoms with Crippen LogP contribution in [0.3, 0.4) is 0 Å². The maximum absolute atomic E-state index is 12.9. The van der Waals surface area contributed by atoms with Crippen LogP contribution in [0.25, 0.3) is 22.4 Å². The van der Waals surface area contributed by atoms with Crippen molar-refractivity contribution in [2.75, 3.05) is 5.75 Å². The van der Waals surface area contributed by atoms with Crippen molar-refractivity contribution < 1.29 is 4.79 Å². The van der Waals surface area contributed by atoms with E-state index < -0.39 is 0 Å². The molecule has 0 amide bonds. The number of fused-ring (bicyclic) bond motifs is 3. The van der Waals surface area contributed by atoms with Crippen LogP contribution in [0.15, 0.2) is 52.7 Å². The van der Waals surface area contributed by atoms with Gasteiger partial charge in [0.1, 0.15) is 0 Å². The van der Waals surface area contributed by atoms with E-state index in [4.69, 9.17) is 0 Å². The van der Waals surface area contributed by atoms with E-state index in [0.29, 0.717) is 33.1 Å². The van der Waals surface area contributed by atoms with E-state index in [9.17, 15) is 9.59 Å². The number of rotatable bonds is 4. The first-order valence-electron chi connectivity index (χ1n) is 8.10. The Kier molecular flexibility index (Phi) is 4.04. The lowest BCUT2D eigenvalue weighted by Crippen LogP contribution is -2.19. The van der Waals surface area contributed by atoms with E-state index >= 15 is 0 Å². The van der Waals surface area contributed by atoms with Crippen molar-refractivity contribution in [1.82, 2.24) is 24.1 Å². The number of nitrogens with zero attached hydrogens (tertiary/aromatic N) is 5. The Labute approximate surface area is 152 Å². The molecule has 4 aromatic rings. The van der Waals surface area contributed by atoms with Gasteiger partial charge >= 0.3 is 0 Å². The zero-order chi connectivity index (χ0) is 18.3. The number of pyridine rings is 1. The number of carbonyl (C=O) groups excluding carboxylic acids is 1. The second-order valence-electron chi connectivity index (χ2n) is 5.69. The van der Waals surface area contributed by atoms with Gasteiger partial charge in [-0.3, -0.25) is 14.2 Å². The minimum atomic E-state index is -0.201. The Morgan fingerprint density at radius 3 is 2.65 bits per heavy atom. The summed E-state index contributed by atoms with van der Waals surface area (Å²) in [6.45, 7) is 3.54. The maximum Gasteiger partial charge on any atom is 0.266 e. The summed E-state index contributed by atoms with van der Waals surface area (Å²) in [5, 5.41) is 5.51. The monoisotopic (exact) mass is 365 g/mol. The summed E-state index contributed by atoms with van der Waals surface area (Å²) in [7, 11) is 0. The van der Waals surface area contributed by atoms with E-state index in [1.54, 1.807) is 35.0 Å². The molecule has 0 aliphatic carbocycles. The molecule has 8 heteroatoms. The van der Waals surface area contributed by atoms with Crippen LogP contribution in [0.2, 0.25) is 0 Å². The molecule has 0 aliphatic rings. The summed E-state index contributed by atoms with van der Waals surface area (Å²) in [4.78, 5) is 32.9. The normalized spacial score (nSPS) is 11.3. The Morgan fingerprint density at radius 2 is 1.96 bits per heavy atom. The molecule has 1 aromatic carbocycles. The van der Waals surface area contributed by atoms with Gasteiger partial charge < -0.3 is 0 Å². The van der Waals surface area contributed by atoms with Crippen molar-refractivity contribution in [3.63, 3.8) is 0 Å². The van der Waals surface area contributed by atoms with Crippen LogP contribution in [-0.4, -0.2) is 35.7 Å². The van der Waals surface area contributed by atoms with Crippen molar-refractivity contribution in [2.24, 2.45) is 0 Å². The number of thioether (sulfide) groups is 1. The largest absolute Gasteiger partial charge is 0.295 e. The number of hydrogen-bond acceptors (Lipinski definition) is 6. The molecule has 4 rings (SSSR count). The molecule has 0 fully saturated rings. The maximum atomic E-state index is 12.9. The second-order valence-corrected chi connectivity index (χ2v) is 6.92. The summed E-state index contributed by atoms with van der Waals surface area (Å²) in [6.07, 6.45) is 3.23. The molecule has 0 unspecified atom stereocenters. The molecule has 3 aromatic heterocycles. The van der Waals surface area contributed by atoms with E-state index in [1.165, 1.54) is 29.4 Å². The fourth-order valence-corrected chi connectivity index (χ4v) is 3.30. The van der Waals surface area contributed by atoms with Crippen molar-refractivity contribution >= 4 is 34.2 Å². The molecular weight excluding hydrogens is 350 g/mol. The number of carbonyl (C=O) groups is 1. The third-order valence-corrected chi connectivity index (χ3v) is 4.76. The van der Waals surface area contributed by atoms with Crippen LogP contribution in [0, 0.1) is 0 Å². The lowest BCUT2D eigenvalue weighted by molar-refractivity contribution is 0.101. The van der Waals surface area contributed by atoms with Crippen molar-refractivity contribution in [3.8, 4) is 5.69 Å². The molecule has 3 heterocycles. The highest BCUT2D eigenvalue weighted by molar-refractivity contribution is 7.99. The molecule has 0 saturated carbocycles. The smallest absolute Gasteiger partial charge is 0.266 e. The zero-order valence-electron chi connectivity index (χ0n) is 14.2. The highest BCUT2D eigenvalue weighted by Gasteiger charge is 2.12. The van der Waals surface area contributed by atoms with Gasteiger partial charge in [-0.15, -0.1) is 5.10 Å². The van der Waals surface area contributed by atoms with Crippen LogP contribution in [-0.2, 0) is 0 Å². The summed E-state index contributed by atoms with van der Waals surface area (Å²) in [6, 6.07) is 8.74. The van der Waals surface area contributed by atoms with Gasteiger partial charge in [0.2, 0.25) is 5.16 Å². The van der Waals surface area contributed by atoms with Crippen LogP contribution in [0.1, 0.15) is 24.2 Å². The Morgan fingerprint density at radius 1 is 1.19 bits per heavy atom. The first kappa shape index (κ1) is 16.5. The van der Waals surface area contributed by atoms with Crippen LogP contribution < -0.4 is 5.56 Å². The van der Waals surface area contributed by atoms with Gasteiger partial charge in [0.25, 0.3) is 11.3 Å². The summed E-state index contributed by atoms with van der Waals surface area (Å²) in [5.41, 5.74) is 1.75. The molecular formula is C18H15N5O2S. The average Bonchev–Trinajstić information content (AvgIpc) is 3.05. The fourth-order valence-electron chi connectivity index (χ4n) is 2.75. The van der Waals surface area contributed by atoms with Gasteiger partial charge in [-0.1, -0.05) is 18.7 Å². The first-order chi connectivity index (χ1) is 12.6. The molecule has 130 valence electrons. The SMILES string of the molecule is CCSc1nc2ncc3c(=O)n(-c4ccc(C(C)=O)cc4)ccc3n2n1. The molecule has 7 nitrogen and oxygen atoms in total. The molecule has 0 bridgehead atoms. The summed E-state index contributed by atoms with van der Waals surface area (Å²) < 4.78 is 3.12. The van der Waals surface area contributed by atoms with Gasteiger partial charge in [0.05, 0.1) is 10.9 Å². The van der Waals surface area contributed by atoms with Crippen molar-refractivity contribution in [3.05, 3.63) is 58.6 Å². The average molecular weight is 365 g/mol. The number of benzene rings is 1. The summed E-state index contributed by atoms with van der Waals surface area (Å²) in [5.74, 6) is 1.31. The minimum Gasteiger partial charge on any atom is -0.295 e. The van der Waals surface area contributed by atoms with Gasteiger partial charge in [0, 0.05) is 23.6 Å². The second kappa shape index (κ2) is 6.38. The molecule has 0 radical (unpaired) electrons. The van der Waals surface area contributed by atoms with E-state index in [0.717, 1.165) is 5.75 Å². The Bertz CT molecular complexity index is 1190. The predicted molar refractivity (Wildman–Crippen MR) is 100 cm³/mol. The highest BCUT2D eigenvalue weighted by atomic mass is 32.2. The molecule has 0 spiro atoms. The molecule has 0 aliphatic heterocycles. The van der Waals surface area contributed by atoms with Crippen LogP contribution in [0.4, 0.5) is 0 Å². The number of hydrogen-bond donors (Lipinski definition) is 0. The topological polar surface area (TPSA) is 82.1 Å². The quantitative estimate of drug-likeness (QED) is 0.408. The number of Topliss-reactive ketones (excluding diaryl/α,β-unsaturated/α-hetero) is 1. The lowest BCUT2D eigenvalue weighted by Gasteiger charge is -2.08. The summed E-state index contributed by atoms with van der Waals surface area (Å²) >= 11 is 1.52. The van der Waals surface area contributed by atoms with Crippen molar-refractivity contribution in [1.29, 1.82) is 0 Å². The predicted octanol–water partition coefficient (Wildman–Crippen LogP) is 2.74. The van der Waals surface area contributed by atoms with Gasteiger partial charge in [0.15, 0.2) is 5.78 Å². The Hall–Kier alpha value is -3.00. The third-order valence-electron chi connectivity index (χ3n) is 4.04. The number of ketones is 1. The van der Waals surface area contributed by atoms with E-state index in [-0.39, 0.29) is 11.3 Å². The number of aromatic nitrogens is 5. The minimum absolute atomic E-state index is 0.0130. The van der Waals surface area contributed by atoms with E-state index in [2.05, 4.69) is 15.1 Å². The van der Waals surface area contributed by atoms with Crippen LogP contribution in [0.5, 0.6) is 0 Å². The molecule has 0 N–H and O–H groups in total. The standard InChI is InChI=1S/C18H15N5O2S/c1-3-26-18-20-17-19-10-14-15(23(17)21-18)8-9-22(16(14)25)13-6-4-12(5-7-13)11(2)24/h4-10H,3H2,1-2H3. The van der Waals surface area contributed by atoms with Gasteiger partial charge in [-0.05, 0) is 43.0 Å². The highest BCUT2D eigenvalue weighted by Crippen LogP contribution is 2.17. The van der Waals surface area contributed by atoms with Gasteiger partial charge in [-0.25, -0.2) is 4.98 Å². The van der Waals surface area contributed by atoms with Crippen LogP contribution >= 0.6 is 11.8 Å². The first-order valence-corrected chi connectivity index (χ1v) is 9.08. The van der Waals surface area contributed by atoms with Crippen molar-refractivity contribution in [2.45, 2.75) is 19.0 Å². The molecule has 26 heavy (non-hydrogen) atoms. The zero-order valence-corrected chi connectivity index (χ0v) is 15.0. The van der Waals surface area contributed by atoms with Gasteiger partial charge in [-0.2, -0.15) is 9.50 Å². The lowest BCUT2D eigenvalue weighted by atomic mass is 10.1. The molecule has 0 atom stereocenters. The fraction of sp³-hybridized carbons (Fsp3) is 0.167. The molecule has 0 saturated heterocycles. The van der Waals surface area contributed by atoms with E-state index in [1.807, 2.05) is 13.0 Å². The third kappa shape index (κ3) is 2.68.